The molecule has 1 amide bonds. The van der Waals surface area contributed by atoms with Gasteiger partial charge in [0.2, 0.25) is 5.91 Å². The van der Waals surface area contributed by atoms with Crippen molar-refractivity contribution < 1.29 is 23.1 Å². The summed E-state index contributed by atoms with van der Waals surface area (Å²) in [6.45, 7) is 3.69. The second-order valence-corrected chi connectivity index (χ2v) is 6.73. The van der Waals surface area contributed by atoms with E-state index in [4.69, 9.17) is 5.11 Å². The molecule has 0 aliphatic heterocycles. The second kappa shape index (κ2) is 6.58. The van der Waals surface area contributed by atoms with Gasteiger partial charge in [0.25, 0.3) is 0 Å². The molecule has 0 aliphatic rings. The minimum Gasteiger partial charge on any atom is -0.480 e. The number of amides is 1. The highest BCUT2D eigenvalue weighted by Gasteiger charge is 2.21. The molecule has 17 heavy (non-hydrogen) atoms. The molecule has 0 saturated heterocycles. The summed E-state index contributed by atoms with van der Waals surface area (Å²) in [4.78, 5) is 22.2. The van der Waals surface area contributed by atoms with Crippen molar-refractivity contribution in [1.29, 1.82) is 0 Å². The van der Waals surface area contributed by atoms with Crippen LogP contribution in [-0.2, 0) is 19.4 Å². The van der Waals surface area contributed by atoms with E-state index in [1.54, 1.807) is 0 Å². The summed E-state index contributed by atoms with van der Waals surface area (Å²) < 4.78 is 21.7. The zero-order chi connectivity index (χ0) is 13.6. The highest BCUT2D eigenvalue weighted by atomic mass is 32.2. The predicted molar refractivity (Wildman–Crippen MR) is 63.3 cm³/mol. The fourth-order valence-corrected chi connectivity index (χ4v) is 1.79. The molecule has 0 rings (SSSR count). The summed E-state index contributed by atoms with van der Waals surface area (Å²) in [6.07, 6.45) is 1.14. The predicted octanol–water partition coefficient (Wildman–Crippen LogP) is 0.0366. The van der Waals surface area contributed by atoms with Gasteiger partial charge in [-0.3, -0.25) is 4.79 Å². The molecule has 0 saturated carbocycles. The molecule has 0 aliphatic carbocycles. The van der Waals surface area contributed by atoms with Crippen molar-refractivity contribution in [1.82, 2.24) is 5.32 Å². The van der Waals surface area contributed by atoms with Crippen LogP contribution in [0.2, 0.25) is 0 Å². The third-order valence-corrected chi connectivity index (χ3v) is 2.99. The van der Waals surface area contributed by atoms with E-state index in [0.717, 1.165) is 6.26 Å². The smallest absolute Gasteiger partial charge is 0.326 e. The van der Waals surface area contributed by atoms with Crippen LogP contribution >= 0.6 is 0 Å². The maximum Gasteiger partial charge on any atom is 0.326 e. The molecule has 1 atom stereocenters. The van der Waals surface area contributed by atoms with E-state index >= 15 is 0 Å². The lowest BCUT2D eigenvalue weighted by Gasteiger charge is -2.16. The lowest BCUT2D eigenvalue weighted by atomic mass is 10.0. The van der Waals surface area contributed by atoms with Gasteiger partial charge in [0, 0.05) is 12.7 Å². The third kappa shape index (κ3) is 8.67. The summed E-state index contributed by atoms with van der Waals surface area (Å²) >= 11 is 0. The Hall–Kier alpha value is -1.11. The normalized spacial score (nSPS) is 13.4. The molecule has 0 aromatic carbocycles. The SMILES string of the molecule is CC(C)C[C@H](NC(=O)CCS(C)(=O)=O)C(=O)O. The van der Waals surface area contributed by atoms with Crippen LogP contribution in [0.4, 0.5) is 0 Å². The lowest BCUT2D eigenvalue weighted by Crippen LogP contribution is -2.42. The molecule has 100 valence electrons. The van der Waals surface area contributed by atoms with Crippen LogP contribution in [-0.4, -0.2) is 43.5 Å². The molecule has 0 heterocycles. The van der Waals surface area contributed by atoms with Gasteiger partial charge >= 0.3 is 5.97 Å². The molecule has 0 spiro atoms. The van der Waals surface area contributed by atoms with E-state index in [-0.39, 0.29) is 18.1 Å². The summed E-state index contributed by atoms with van der Waals surface area (Å²) in [5.74, 6) is -1.80. The minimum absolute atomic E-state index is 0.131. The first-order valence-electron chi connectivity index (χ1n) is 5.31. The minimum atomic E-state index is -3.21. The van der Waals surface area contributed by atoms with Gasteiger partial charge < -0.3 is 10.4 Å². The topological polar surface area (TPSA) is 101 Å². The number of rotatable bonds is 7. The number of aliphatic carboxylic acids is 1. The van der Waals surface area contributed by atoms with Crippen molar-refractivity contribution in [3.8, 4) is 0 Å². The van der Waals surface area contributed by atoms with E-state index in [1.165, 1.54) is 0 Å². The molecule has 0 aromatic heterocycles. The number of hydrogen-bond acceptors (Lipinski definition) is 4. The van der Waals surface area contributed by atoms with Crippen LogP contribution in [0.5, 0.6) is 0 Å². The van der Waals surface area contributed by atoms with E-state index in [0.29, 0.717) is 6.42 Å². The molecule has 6 nitrogen and oxygen atoms in total. The number of hydrogen-bond donors (Lipinski definition) is 2. The molecular formula is C10H19NO5S. The Morgan fingerprint density at radius 1 is 1.29 bits per heavy atom. The number of sulfone groups is 1. The molecule has 0 fully saturated rings. The highest BCUT2D eigenvalue weighted by molar-refractivity contribution is 7.90. The van der Waals surface area contributed by atoms with Crippen LogP contribution in [0.15, 0.2) is 0 Å². The van der Waals surface area contributed by atoms with Gasteiger partial charge in [-0.1, -0.05) is 13.8 Å². The molecule has 0 aromatic rings. The number of carboxylic acids is 1. The average molecular weight is 265 g/mol. The van der Waals surface area contributed by atoms with Gasteiger partial charge in [-0.15, -0.1) is 0 Å². The van der Waals surface area contributed by atoms with Gasteiger partial charge in [0.1, 0.15) is 15.9 Å². The summed E-state index contributed by atoms with van der Waals surface area (Å²) in [5, 5.41) is 11.2. The van der Waals surface area contributed by atoms with Crippen molar-refractivity contribution in [3.63, 3.8) is 0 Å². The van der Waals surface area contributed by atoms with Crippen LogP contribution in [0.1, 0.15) is 26.7 Å². The first kappa shape index (κ1) is 15.9. The van der Waals surface area contributed by atoms with Gasteiger partial charge in [-0.2, -0.15) is 0 Å². The summed E-state index contributed by atoms with van der Waals surface area (Å²) in [7, 11) is -3.21. The van der Waals surface area contributed by atoms with Crippen molar-refractivity contribution in [2.24, 2.45) is 5.92 Å². The number of carboxylic acid groups (broad SMARTS) is 1. The van der Waals surface area contributed by atoms with Gasteiger partial charge in [0.15, 0.2) is 0 Å². The Balaban J connectivity index is 4.27. The molecular weight excluding hydrogens is 246 g/mol. The van der Waals surface area contributed by atoms with Gasteiger partial charge in [-0.25, -0.2) is 13.2 Å². The van der Waals surface area contributed by atoms with E-state index in [9.17, 15) is 18.0 Å². The Kier molecular flexibility index (Phi) is 6.15. The Labute approximate surface area is 101 Å². The Morgan fingerprint density at radius 3 is 2.18 bits per heavy atom. The molecule has 2 N–H and O–H groups in total. The van der Waals surface area contributed by atoms with E-state index in [2.05, 4.69) is 5.32 Å². The summed E-state index contributed by atoms with van der Waals surface area (Å²) in [5.41, 5.74) is 0. The van der Waals surface area contributed by atoms with E-state index < -0.39 is 27.8 Å². The standard InChI is InChI=1S/C10H19NO5S/c1-7(2)6-8(10(13)14)11-9(12)4-5-17(3,15)16/h7-8H,4-6H2,1-3H3,(H,11,12)(H,13,14)/t8-/m0/s1. The second-order valence-electron chi connectivity index (χ2n) is 4.47. The number of carbonyl (C=O) groups is 2. The fourth-order valence-electron chi connectivity index (χ4n) is 1.24. The third-order valence-electron chi connectivity index (χ3n) is 2.04. The largest absolute Gasteiger partial charge is 0.480 e. The molecule has 0 unspecified atom stereocenters. The van der Waals surface area contributed by atoms with Crippen molar-refractivity contribution in [2.75, 3.05) is 12.0 Å². The van der Waals surface area contributed by atoms with Crippen LogP contribution in [0.3, 0.4) is 0 Å². The highest BCUT2D eigenvalue weighted by Crippen LogP contribution is 2.05. The number of carbonyl (C=O) groups excluding carboxylic acids is 1. The fraction of sp³-hybridized carbons (Fsp3) is 0.800. The molecule has 7 heteroatoms. The van der Waals surface area contributed by atoms with Crippen LogP contribution in [0, 0.1) is 5.92 Å². The van der Waals surface area contributed by atoms with E-state index in [1.807, 2.05) is 13.8 Å². The monoisotopic (exact) mass is 265 g/mol. The maximum atomic E-state index is 11.3. The first-order chi connectivity index (χ1) is 7.61. The lowest BCUT2D eigenvalue weighted by molar-refractivity contribution is -0.142. The zero-order valence-corrected chi connectivity index (χ0v) is 11.1. The average Bonchev–Trinajstić information content (AvgIpc) is 2.11. The first-order valence-corrected chi connectivity index (χ1v) is 7.37. The Bertz CT molecular complexity index is 374. The Morgan fingerprint density at radius 2 is 1.82 bits per heavy atom. The zero-order valence-electron chi connectivity index (χ0n) is 10.3. The number of nitrogens with one attached hydrogen (secondary N) is 1. The van der Waals surface area contributed by atoms with Crippen molar-refractivity contribution in [3.05, 3.63) is 0 Å². The van der Waals surface area contributed by atoms with Crippen LogP contribution < -0.4 is 5.32 Å². The summed E-state index contributed by atoms with van der Waals surface area (Å²) in [6, 6.07) is -0.956. The molecule has 0 bridgehead atoms. The van der Waals surface area contributed by atoms with Gasteiger partial charge in [0.05, 0.1) is 5.75 Å². The quantitative estimate of drug-likeness (QED) is 0.676. The van der Waals surface area contributed by atoms with Crippen molar-refractivity contribution in [2.45, 2.75) is 32.7 Å². The van der Waals surface area contributed by atoms with Gasteiger partial charge in [-0.05, 0) is 12.3 Å². The van der Waals surface area contributed by atoms with Crippen LogP contribution in [0.25, 0.3) is 0 Å². The maximum absolute atomic E-state index is 11.3. The van der Waals surface area contributed by atoms with Crippen molar-refractivity contribution >= 4 is 21.7 Å². The molecule has 0 radical (unpaired) electrons.